The zero-order valence-electron chi connectivity index (χ0n) is 11.0. The van der Waals surface area contributed by atoms with Gasteiger partial charge in [0, 0.05) is 23.1 Å². The fourth-order valence-corrected chi connectivity index (χ4v) is 3.01. The summed E-state index contributed by atoms with van der Waals surface area (Å²) in [5.41, 5.74) is 2.21. The highest BCUT2D eigenvalue weighted by atomic mass is 35.5. The molecular formula is C16H19ClN2. The van der Waals surface area contributed by atoms with Gasteiger partial charge in [0.1, 0.15) is 0 Å². The first-order valence-corrected chi connectivity index (χ1v) is 7.33. The minimum Gasteiger partial charge on any atom is -0.356 e. The first-order chi connectivity index (χ1) is 9.34. The van der Waals surface area contributed by atoms with Gasteiger partial charge in [-0.1, -0.05) is 42.0 Å². The minimum atomic E-state index is 0.771. The Morgan fingerprint density at radius 2 is 2.16 bits per heavy atom. The molecule has 19 heavy (non-hydrogen) atoms. The number of allylic oxidation sites excluding steroid dienone is 2. The summed E-state index contributed by atoms with van der Waals surface area (Å²) in [6, 6.07) is 8.18. The van der Waals surface area contributed by atoms with Crippen LogP contribution < -0.4 is 5.32 Å². The summed E-state index contributed by atoms with van der Waals surface area (Å²) in [6.07, 6.45) is 8.30. The predicted molar refractivity (Wildman–Crippen MR) is 81.5 cm³/mol. The van der Waals surface area contributed by atoms with Crippen molar-refractivity contribution in [3.63, 3.8) is 0 Å². The lowest BCUT2D eigenvalue weighted by atomic mass is 9.94. The van der Waals surface area contributed by atoms with Crippen molar-refractivity contribution in [1.29, 1.82) is 0 Å². The number of hydrogen-bond acceptors (Lipinski definition) is 1. The Bertz CT molecular complexity index is 585. The summed E-state index contributed by atoms with van der Waals surface area (Å²) < 4.78 is 0. The summed E-state index contributed by atoms with van der Waals surface area (Å²) in [7, 11) is 0. The van der Waals surface area contributed by atoms with Gasteiger partial charge < -0.3 is 10.3 Å². The number of hydrogen-bond donors (Lipinski definition) is 2. The fraction of sp³-hybridized carbons (Fsp3) is 0.375. The normalized spacial score (nSPS) is 19.1. The van der Waals surface area contributed by atoms with Crippen LogP contribution in [0.15, 0.2) is 36.4 Å². The standard InChI is InChI=1S/C16H19ClN2/c17-16-13-8-4-5-9-14(13)19-15(16)11-18-10-12-6-2-1-3-7-12/h1-2,4-5,8-9,12,18-19H,3,6-7,10-11H2. The molecule has 2 nitrogen and oxygen atoms in total. The van der Waals surface area contributed by atoms with Crippen LogP contribution in [0.5, 0.6) is 0 Å². The van der Waals surface area contributed by atoms with Crippen LogP contribution in [0.2, 0.25) is 5.02 Å². The van der Waals surface area contributed by atoms with Gasteiger partial charge in [-0.25, -0.2) is 0 Å². The van der Waals surface area contributed by atoms with Crippen LogP contribution in [0.25, 0.3) is 10.9 Å². The molecule has 1 heterocycles. The molecular weight excluding hydrogens is 256 g/mol. The van der Waals surface area contributed by atoms with Gasteiger partial charge in [0.2, 0.25) is 0 Å². The maximum Gasteiger partial charge on any atom is 0.0705 e. The van der Waals surface area contributed by atoms with Crippen molar-refractivity contribution in [2.45, 2.75) is 25.8 Å². The van der Waals surface area contributed by atoms with Crippen LogP contribution in [0.1, 0.15) is 25.0 Å². The van der Waals surface area contributed by atoms with Gasteiger partial charge in [-0.3, -0.25) is 0 Å². The number of halogens is 1. The Kier molecular flexibility index (Phi) is 3.90. The Hall–Kier alpha value is -1.25. The molecule has 0 spiro atoms. The second-order valence-corrected chi connectivity index (χ2v) is 5.62. The monoisotopic (exact) mass is 274 g/mol. The largest absolute Gasteiger partial charge is 0.356 e. The zero-order chi connectivity index (χ0) is 13.1. The van der Waals surface area contributed by atoms with Gasteiger partial charge in [-0.05, 0) is 37.8 Å². The third-order valence-corrected chi connectivity index (χ3v) is 4.26. The minimum absolute atomic E-state index is 0.771. The van der Waals surface area contributed by atoms with Gasteiger partial charge in [0.15, 0.2) is 0 Å². The van der Waals surface area contributed by atoms with E-state index in [9.17, 15) is 0 Å². The highest BCUT2D eigenvalue weighted by Crippen LogP contribution is 2.27. The number of rotatable bonds is 4. The lowest BCUT2D eigenvalue weighted by Gasteiger charge is -2.17. The van der Waals surface area contributed by atoms with Gasteiger partial charge in [-0.2, -0.15) is 0 Å². The Balaban J connectivity index is 1.62. The van der Waals surface area contributed by atoms with Crippen LogP contribution in [0, 0.1) is 5.92 Å². The van der Waals surface area contributed by atoms with Crippen molar-refractivity contribution in [1.82, 2.24) is 10.3 Å². The first-order valence-electron chi connectivity index (χ1n) is 6.95. The van der Waals surface area contributed by atoms with E-state index in [0.717, 1.165) is 40.6 Å². The van der Waals surface area contributed by atoms with Crippen LogP contribution in [-0.4, -0.2) is 11.5 Å². The summed E-state index contributed by atoms with van der Waals surface area (Å²) in [4.78, 5) is 3.39. The highest BCUT2D eigenvalue weighted by molar-refractivity contribution is 6.36. The average molecular weight is 275 g/mol. The van der Waals surface area contributed by atoms with E-state index in [0.29, 0.717) is 0 Å². The van der Waals surface area contributed by atoms with Crippen molar-refractivity contribution in [3.8, 4) is 0 Å². The molecule has 0 saturated heterocycles. The maximum atomic E-state index is 6.40. The molecule has 0 aliphatic heterocycles. The van der Waals surface area contributed by atoms with Crippen LogP contribution in [0.4, 0.5) is 0 Å². The molecule has 3 heteroatoms. The van der Waals surface area contributed by atoms with Crippen LogP contribution in [0.3, 0.4) is 0 Å². The second-order valence-electron chi connectivity index (χ2n) is 5.24. The number of para-hydroxylation sites is 1. The van der Waals surface area contributed by atoms with Gasteiger partial charge in [-0.15, -0.1) is 0 Å². The first kappa shape index (κ1) is 12.8. The van der Waals surface area contributed by atoms with Gasteiger partial charge >= 0.3 is 0 Å². The molecule has 0 fully saturated rings. The third-order valence-electron chi connectivity index (χ3n) is 3.83. The fourth-order valence-electron chi connectivity index (χ4n) is 2.73. The predicted octanol–water partition coefficient (Wildman–Crippen LogP) is 4.27. The van der Waals surface area contributed by atoms with Crippen molar-refractivity contribution < 1.29 is 0 Å². The van der Waals surface area contributed by atoms with E-state index in [1.807, 2.05) is 12.1 Å². The topological polar surface area (TPSA) is 27.8 Å². The molecule has 1 aliphatic rings. The third kappa shape index (κ3) is 2.85. The van der Waals surface area contributed by atoms with Crippen molar-refractivity contribution in [2.24, 2.45) is 5.92 Å². The van der Waals surface area contributed by atoms with Crippen molar-refractivity contribution in [3.05, 3.63) is 47.1 Å². The average Bonchev–Trinajstić information content (AvgIpc) is 2.78. The molecule has 2 aromatic rings. The van der Waals surface area contributed by atoms with E-state index in [4.69, 9.17) is 11.6 Å². The summed E-state index contributed by atoms with van der Waals surface area (Å²) in [6.45, 7) is 1.88. The number of H-pyrrole nitrogens is 1. The lowest BCUT2D eigenvalue weighted by Crippen LogP contribution is -2.23. The summed E-state index contributed by atoms with van der Waals surface area (Å²) >= 11 is 6.40. The molecule has 0 amide bonds. The van der Waals surface area contributed by atoms with Crippen molar-refractivity contribution >= 4 is 22.5 Å². The molecule has 0 saturated carbocycles. The van der Waals surface area contributed by atoms with E-state index in [-0.39, 0.29) is 0 Å². The number of fused-ring (bicyclic) bond motifs is 1. The molecule has 1 atom stereocenters. The summed E-state index contributed by atoms with van der Waals surface area (Å²) in [5.74, 6) is 0.771. The number of benzene rings is 1. The molecule has 1 aliphatic carbocycles. The van der Waals surface area contributed by atoms with Gasteiger partial charge in [0.25, 0.3) is 0 Å². The molecule has 1 aromatic carbocycles. The highest BCUT2D eigenvalue weighted by Gasteiger charge is 2.11. The molecule has 100 valence electrons. The van der Waals surface area contributed by atoms with E-state index in [2.05, 4.69) is 34.6 Å². The van der Waals surface area contributed by atoms with E-state index in [1.54, 1.807) is 0 Å². The van der Waals surface area contributed by atoms with Crippen LogP contribution in [-0.2, 0) is 6.54 Å². The molecule has 0 bridgehead atoms. The quantitative estimate of drug-likeness (QED) is 0.801. The summed E-state index contributed by atoms with van der Waals surface area (Å²) in [5, 5.41) is 5.49. The smallest absolute Gasteiger partial charge is 0.0705 e. The van der Waals surface area contributed by atoms with Crippen molar-refractivity contribution in [2.75, 3.05) is 6.54 Å². The number of nitrogens with one attached hydrogen (secondary N) is 2. The Morgan fingerprint density at radius 3 is 2.95 bits per heavy atom. The van der Waals surface area contributed by atoms with Crippen LogP contribution >= 0.6 is 11.6 Å². The zero-order valence-corrected chi connectivity index (χ0v) is 11.7. The second kappa shape index (κ2) is 5.81. The van der Waals surface area contributed by atoms with Gasteiger partial charge in [0.05, 0.1) is 5.02 Å². The molecule has 2 N–H and O–H groups in total. The molecule has 1 unspecified atom stereocenters. The number of aromatic nitrogens is 1. The Labute approximate surface area is 118 Å². The SMILES string of the molecule is Clc1c(CNCC2CC=CCC2)[nH]c2ccccc12. The lowest BCUT2D eigenvalue weighted by molar-refractivity contribution is 0.439. The number of aromatic amines is 1. The van der Waals surface area contributed by atoms with E-state index < -0.39 is 0 Å². The maximum absolute atomic E-state index is 6.40. The van der Waals surface area contributed by atoms with E-state index in [1.165, 1.54) is 19.3 Å². The van der Waals surface area contributed by atoms with E-state index >= 15 is 0 Å². The molecule has 0 radical (unpaired) electrons. The molecule has 3 rings (SSSR count). The Morgan fingerprint density at radius 1 is 1.26 bits per heavy atom. The molecule has 1 aromatic heterocycles.